The monoisotopic (exact) mass is 558 g/mol. The quantitative estimate of drug-likeness (QED) is 0.126. The summed E-state index contributed by atoms with van der Waals surface area (Å²) in [5.74, 6) is -1.11. The number of rotatable bonds is 22. The Kier molecular flexibility index (Phi) is 18.0. The first kappa shape index (κ1) is 33.8. The third-order valence-corrected chi connectivity index (χ3v) is 7.86. The van der Waals surface area contributed by atoms with Crippen molar-refractivity contribution in [2.24, 2.45) is 0 Å². The van der Waals surface area contributed by atoms with Gasteiger partial charge in [0.25, 0.3) is 0 Å². The highest BCUT2D eigenvalue weighted by Crippen LogP contribution is 2.20. The summed E-state index contributed by atoms with van der Waals surface area (Å²) in [4.78, 5) is 39.6. The summed E-state index contributed by atoms with van der Waals surface area (Å²) in [7, 11) is 0. The van der Waals surface area contributed by atoms with Crippen LogP contribution in [-0.2, 0) is 25.7 Å². The van der Waals surface area contributed by atoms with E-state index in [1.54, 1.807) is 0 Å². The van der Waals surface area contributed by atoms with Crippen LogP contribution in [0.1, 0.15) is 128 Å². The molecule has 0 saturated carbocycles. The predicted molar refractivity (Wildman–Crippen MR) is 160 cm³/mol. The molecule has 40 heavy (non-hydrogen) atoms. The number of likely N-dealkylation sites (tertiary alicyclic amines) is 1. The Morgan fingerprint density at radius 3 is 1.98 bits per heavy atom. The number of hydrogen-bond acceptors (Lipinski definition) is 5. The van der Waals surface area contributed by atoms with E-state index in [1.165, 1.54) is 81.9 Å². The maximum Gasteiger partial charge on any atom is 0.329 e. The molecule has 7 nitrogen and oxygen atoms in total. The van der Waals surface area contributed by atoms with E-state index in [2.05, 4.69) is 12.2 Å². The van der Waals surface area contributed by atoms with Gasteiger partial charge in [0.2, 0.25) is 11.8 Å². The molecule has 1 fully saturated rings. The molecule has 1 aromatic carbocycles. The number of carbonyl (C=O) groups excluding carboxylic acids is 3. The normalized spacial score (nSPS) is 15.7. The smallest absolute Gasteiger partial charge is 0.329 e. The van der Waals surface area contributed by atoms with Gasteiger partial charge in [-0.1, -0.05) is 127 Å². The van der Waals surface area contributed by atoms with Crippen molar-refractivity contribution >= 4 is 17.8 Å². The number of nitrogens with zero attached hydrogens (tertiary/aromatic N) is 1. The Labute approximate surface area is 242 Å². The van der Waals surface area contributed by atoms with Crippen molar-refractivity contribution in [1.29, 1.82) is 0 Å². The lowest BCUT2D eigenvalue weighted by Crippen LogP contribution is -2.53. The zero-order chi connectivity index (χ0) is 28.8. The SMILES string of the molecule is CCCCCCCCCCCCCCCCCC(=O)N[C@H](CO)C(=O)N1CCC[C@H]1C(=O)OCc1ccccc1. The fraction of sp³-hybridized carbons (Fsp3) is 0.727. The zero-order valence-electron chi connectivity index (χ0n) is 24.9. The van der Waals surface area contributed by atoms with Crippen molar-refractivity contribution in [3.63, 3.8) is 0 Å². The Bertz CT molecular complexity index is 831. The second-order valence-corrected chi connectivity index (χ2v) is 11.3. The van der Waals surface area contributed by atoms with Crippen molar-refractivity contribution < 1.29 is 24.2 Å². The number of esters is 1. The minimum Gasteiger partial charge on any atom is -0.459 e. The Hall–Kier alpha value is -2.41. The van der Waals surface area contributed by atoms with Gasteiger partial charge in [-0.3, -0.25) is 9.59 Å². The molecule has 2 atom stereocenters. The van der Waals surface area contributed by atoms with Gasteiger partial charge in [-0.2, -0.15) is 0 Å². The number of aliphatic hydroxyl groups excluding tert-OH is 1. The minimum atomic E-state index is -1.04. The molecule has 0 aliphatic carbocycles. The predicted octanol–water partition coefficient (Wildman–Crippen LogP) is 6.46. The van der Waals surface area contributed by atoms with Crippen molar-refractivity contribution in [1.82, 2.24) is 10.2 Å². The molecule has 0 bridgehead atoms. The summed E-state index contributed by atoms with van der Waals surface area (Å²) in [5.41, 5.74) is 0.881. The molecule has 7 heteroatoms. The van der Waals surface area contributed by atoms with Crippen LogP contribution in [0.25, 0.3) is 0 Å². The maximum atomic E-state index is 13.1. The van der Waals surface area contributed by atoms with E-state index in [0.717, 1.165) is 24.8 Å². The molecule has 2 N–H and O–H groups in total. The summed E-state index contributed by atoms with van der Waals surface area (Å²) in [6.07, 6.45) is 20.5. The van der Waals surface area contributed by atoms with E-state index in [-0.39, 0.29) is 12.5 Å². The molecule has 226 valence electrons. The molecule has 0 unspecified atom stereocenters. The van der Waals surface area contributed by atoms with Crippen LogP contribution < -0.4 is 5.32 Å². The van der Waals surface area contributed by atoms with Crippen LogP contribution in [0.4, 0.5) is 0 Å². The van der Waals surface area contributed by atoms with Crippen LogP contribution in [0.15, 0.2) is 30.3 Å². The van der Waals surface area contributed by atoms with Crippen LogP contribution in [0.5, 0.6) is 0 Å². The van der Waals surface area contributed by atoms with Crippen LogP contribution in [0.2, 0.25) is 0 Å². The summed E-state index contributed by atoms with van der Waals surface area (Å²) in [6.45, 7) is 2.33. The molecule has 2 amide bonds. The van der Waals surface area contributed by atoms with Crippen LogP contribution in [0.3, 0.4) is 0 Å². The fourth-order valence-electron chi connectivity index (χ4n) is 5.41. The van der Waals surface area contributed by atoms with Crippen LogP contribution >= 0.6 is 0 Å². The molecule has 0 radical (unpaired) electrons. The third-order valence-electron chi connectivity index (χ3n) is 7.86. The van der Waals surface area contributed by atoms with Crippen molar-refractivity contribution in [3.05, 3.63) is 35.9 Å². The highest BCUT2D eigenvalue weighted by Gasteiger charge is 2.38. The number of hydrogen-bond donors (Lipinski definition) is 2. The number of unbranched alkanes of at least 4 members (excludes halogenated alkanes) is 14. The first-order valence-corrected chi connectivity index (χ1v) is 16.0. The Morgan fingerprint density at radius 1 is 0.875 bits per heavy atom. The summed E-state index contributed by atoms with van der Waals surface area (Å²) >= 11 is 0. The topological polar surface area (TPSA) is 95.9 Å². The minimum absolute atomic E-state index is 0.150. The lowest BCUT2D eigenvalue weighted by Gasteiger charge is -2.27. The van der Waals surface area contributed by atoms with Gasteiger partial charge in [-0.25, -0.2) is 4.79 Å². The molecular weight excluding hydrogens is 504 g/mol. The van der Waals surface area contributed by atoms with Gasteiger partial charge in [-0.15, -0.1) is 0 Å². The number of nitrogens with one attached hydrogen (secondary N) is 1. The number of ether oxygens (including phenoxy) is 1. The van der Waals surface area contributed by atoms with Gasteiger partial charge < -0.3 is 20.1 Å². The van der Waals surface area contributed by atoms with Crippen LogP contribution in [-0.4, -0.2) is 53.0 Å². The average Bonchev–Trinajstić information content (AvgIpc) is 3.47. The van der Waals surface area contributed by atoms with E-state index < -0.39 is 30.6 Å². The molecule has 1 aromatic rings. The van der Waals surface area contributed by atoms with Crippen molar-refractivity contribution in [2.75, 3.05) is 13.2 Å². The van der Waals surface area contributed by atoms with Crippen molar-refractivity contribution in [3.8, 4) is 0 Å². The molecule has 1 aliphatic heterocycles. The fourth-order valence-corrected chi connectivity index (χ4v) is 5.41. The maximum absolute atomic E-state index is 13.1. The highest BCUT2D eigenvalue weighted by atomic mass is 16.5. The van der Waals surface area contributed by atoms with Gasteiger partial charge >= 0.3 is 5.97 Å². The molecule has 0 spiro atoms. The van der Waals surface area contributed by atoms with E-state index in [1.807, 2.05) is 30.3 Å². The second-order valence-electron chi connectivity index (χ2n) is 11.3. The highest BCUT2D eigenvalue weighted by molar-refractivity contribution is 5.91. The van der Waals surface area contributed by atoms with Crippen molar-refractivity contribution in [2.45, 2.75) is 141 Å². The van der Waals surface area contributed by atoms with E-state index in [9.17, 15) is 19.5 Å². The van der Waals surface area contributed by atoms with Gasteiger partial charge in [0, 0.05) is 13.0 Å². The number of amides is 2. The largest absolute Gasteiger partial charge is 0.459 e. The number of carbonyl (C=O) groups is 3. The standard InChI is InChI=1S/C33H54N2O5/c1-2-3-4-5-6-7-8-9-10-11-12-13-14-15-19-24-31(37)34-29(26-36)32(38)35-25-20-23-30(35)33(39)40-27-28-21-17-16-18-22-28/h16-18,21-22,29-30,36H,2-15,19-20,23-27H2,1H3,(H,34,37)/t29-,30+/m1/s1. The number of aliphatic hydroxyl groups is 1. The van der Waals surface area contributed by atoms with Gasteiger partial charge in [0.15, 0.2) is 0 Å². The van der Waals surface area contributed by atoms with Gasteiger partial charge in [0.05, 0.1) is 6.61 Å². The summed E-state index contributed by atoms with van der Waals surface area (Å²) in [5, 5.41) is 12.5. The molecule has 0 aromatic heterocycles. The van der Waals surface area contributed by atoms with E-state index in [0.29, 0.717) is 25.8 Å². The Morgan fingerprint density at radius 2 is 1.43 bits per heavy atom. The summed E-state index contributed by atoms with van der Waals surface area (Å²) in [6, 6.07) is 7.68. The molecular formula is C33H54N2O5. The average molecular weight is 559 g/mol. The van der Waals surface area contributed by atoms with Gasteiger partial charge in [0.1, 0.15) is 18.7 Å². The lowest BCUT2D eigenvalue weighted by molar-refractivity contribution is -0.155. The van der Waals surface area contributed by atoms with E-state index in [4.69, 9.17) is 4.74 Å². The third kappa shape index (κ3) is 13.8. The van der Waals surface area contributed by atoms with E-state index >= 15 is 0 Å². The first-order valence-electron chi connectivity index (χ1n) is 16.0. The second kappa shape index (κ2) is 21.4. The molecule has 1 aliphatic rings. The molecule has 1 heterocycles. The van der Waals surface area contributed by atoms with Gasteiger partial charge in [-0.05, 0) is 24.8 Å². The molecule has 2 rings (SSSR count). The lowest BCUT2D eigenvalue weighted by atomic mass is 10.0. The van der Waals surface area contributed by atoms with Crippen LogP contribution in [0, 0.1) is 0 Å². The summed E-state index contributed by atoms with van der Waals surface area (Å²) < 4.78 is 5.44. The molecule has 1 saturated heterocycles. The Balaban J connectivity index is 1.54. The zero-order valence-corrected chi connectivity index (χ0v) is 24.9. The number of benzene rings is 1. The first-order chi connectivity index (χ1) is 19.6.